The first-order chi connectivity index (χ1) is 9.20. The van der Waals surface area contributed by atoms with E-state index in [1.807, 2.05) is 0 Å². The molecule has 6 heteroatoms. The maximum Gasteiger partial charge on any atom is 0.166 e. The van der Waals surface area contributed by atoms with Crippen molar-refractivity contribution in [3.05, 3.63) is 48.0 Å². The summed E-state index contributed by atoms with van der Waals surface area (Å²) < 4.78 is 10.8. The lowest BCUT2D eigenvalue weighted by molar-refractivity contribution is 0.276. The third-order valence-electron chi connectivity index (χ3n) is 2.45. The van der Waals surface area contributed by atoms with E-state index in [0.717, 1.165) is 0 Å². The van der Waals surface area contributed by atoms with Gasteiger partial charge in [0.25, 0.3) is 0 Å². The second-order valence-corrected chi connectivity index (χ2v) is 3.73. The maximum absolute atomic E-state index is 7.38. The summed E-state index contributed by atoms with van der Waals surface area (Å²) in [5.41, 5.74) is 6.00. The smallest absolute Gasteiger partial charge is 0.166 e. The highest BCUT2D eigenvalue weighted by Crippen LogP contribution is 2.28. The summed E-state index contributed by atoms with van der Waals surface area (Å²) in [4.78, 5) is 8.13. The largest absolute Gasteiger partial charge is 0.493 e. The Bertz CT molecular complexity index is 572. The Hall–Kier alpha value is -2.63. The van der Waals surface area contributed by atoms with E-state index in [4.69, 9.17) is 20.6 Å². The number of aromatic nitrogens is 2. The summed E-state index contributed by atoms with van der Waals surface area (Å²) in [6, 6.07) is 6.81. The molecule has 19 heavy (non-hydrogen) atoms. The number of benzene rings is 1. The summed E-state index contributed by atoms with van der Waals surface area (Å²) in [5.74, 6) is 1.64. The van der Waals surface area contributed by atoms with Gasteiger partial charge in [0, 0.05) is 18.0 Å². The zero-order chi connectivity index (χ0) is 13.7. The predicted octanol–water partition coefficient (Wildman–Crippen LogP) is 1.35. The first-order valence-electron chi connectivity index (χ1n) is 5.62. The Balaban J connectivity index is 2.14. The summed E-state index contributed by atoms with van der Waals surface area (Å²) in [5, 5.41) is 7.38. The molecule has 0 fully saturated rings. The van der Waals surface area contributed by atoms with Crippen LogP contribution in [0.15, 0.2) is 36.7 Å². The van der Waals surface area contributed by atoms with Gasteiger partial charge in [-0.15, -0.1) is 0 Å². The van der Waals surface area contributed by atoms with Crippen LogP contribution in [-0.4, -0.2) is 22.9 Å². The van der Waals surface area contributed by atoms with Crippen LogP contribution in [0.2, 0.25) is 0 Å². The van der Waals surface area contributed by atoms with Gasteiger partial charge in [0.2, 0.25) is 0 Å². The molecule has 1 aromatic carbocycles. The van der Waals surface area contributed by atoms with Gasteiger partial charge in [-0.25, -0.2) is 9.97 Å². The first-order valence-corrected chi connectivity index (χ1v) is 5.62. The van der Waals surface area contributed by atoms with Crippen molar-refractivity contribution in [2.45, 2.75) is 6.61 Å². The van der Waals surface area contributed by atoms with Gasteiger partial charge in [-0.3, -0.25) is 5.41 Å². The molecule has 0 amide bonds. The van der Waals surface area contributed by atoms with E-state index in [9.17, 15) is 0 Å². The molecule has 0 aliphatic rings. The molecular formula is C13H14N4O2. The molecule has 3 N–H and O–H groups in total. The van der Waals surface area contributed by atoms with Crippen LogP contribution in [0.5, 0.6) is 11.5 Å². The summed E-state index contributed by atoms with van der Waals surface area (Å²) in [7, 11) is 1.53. The Morgan fingerprint density at radius 3 is 2.63 bits per heavy atom. The summed E-state index contributed by atoms with van der Waals surface area (Å²) in [6.45, 7) is 0.247. The minimum Gasteiger partial charge on any atom is -0.493 e. The highest BCUT2D eigenvalue weighted by Gasteiger charge is 2.08. The Morgan fingerprint density at radius 2 is 2.00 bits per heavy atom. The number of hydrogen-bond donors (Lipinski definition) is 2. The van der Waals surface area contributed by atoms with Gasteiger partial charge in [0.05, 0.1) is 7.11 Å². The first kappa shape index (κ1) is 12.8. The topological polar surface area (TPSA) is 94.1 Å². The third-order valence-corrected chi connectivity index (χ3v) is 2.45. The molecule has 0 saturated carbocycles. The SMILES string of the molecule is COc1cc(C(=N)N)ccc1OCc1ncccn1. The standard InChI is InChI=1S/C13H14N4O2/c1-18-11-7-9(13(14)15)3-4-10(11)19-8-12-16-5-2-6-17-12/h2-7H,8H2,1H3,(H3,14,15). The normalized spacial score (nSPS) is 9.95. The predicted molar refractivity (Wildman–Crippen MR) is 70.4 cm³/mol. The van der Waals surface area contributed by atoms with Gasteiger partial charge in [0.1, 0.15) is 12.4 Å². The summed E-state index contributed by atoms with van der Waals surface area (Å²) in [6.07, 6.45) is 3.31. The van der Waals surface area contributed by atoms with Gasteiger partial charge < -0.3 is 15.2 Å². The molecule has 0 aliphatic carbocycles. The van der Waals surface area contributed by atoms with E-state index in [0.29, 0.717) is 22.9 Å². The Labute approximate surface area is 110 Å². The molecule has 6 nitrogen and oxygen atoms in total. The highest BCUT2D eigenvalue weighted by molar-refractivity contribution is 5.95. The number of rotatable bonds is 5. The number of amidine groups is 1. The second kappa shape index (κ2) is 5.81. The van der Waals surface area contributed by atoms with Crippen molar-refractivity contribution >= 4 is 5.84 Å². The van der Waals surface area contributed by atoms with E-state index in [2.05, 4.69) is 9.97 Å². The lowest BCUT2D eigenvalue weighted by Crippen LogP contribution is -2.11. The van der Waals surface area contributed by atoms with Crippen LogP contribution in [0.4, 0.5) is 0 Å². The van der Waals surface area contributed by atoms with Gasteiger partial charge >= 0.3 is 0 Å². The van der Waals surface area contributed by atoms with Crippen molar-refractivity contribution in [2.75, 3.05) is 7.11 Å². The quantitative estimate of drug-likeness (QED) is 0.623. The lowest BCUT2D eigenvalue weighted by atomic mass is 10.2. The monoisotopic (exact) mass is 258 g/mol. The van der Waals surface area contributed by atoms with Gasteiger partial charge in [-0.2, -0.15) is 0 Å². The number of nitrogen functional groups attached to an aromatic ring is 1. The molecule has 2 aromatic rings. The molecule has 0 atom stereocenters. The Kier molecular flexibility index (Phi) is 3.92. The van der Waals surface area contributed by atoms with E-state index < -0.39 is 0 Å². The molecule has 2 rings (SSSR count). The van der Waals surface area contributed by atoms with Crippen molar-refractivity contribution < 1.29 is 9.47 Å². The number of nitrogens with two attached hydrogens (primary N) is 1. The fourth-order valence-corrected chi connectivity index (χ4v) is 1.50. The van der Waals surface area contributed by atoms with Crippen LogP contribution in [0.1, 0.15) is 11.4 Å². The van der Waals surface area contributed by atoms with Crippen molar-refractivity contribution in [3.8, 4) is 11.5 Å². The van der Waals surface area contributed by atoms with E-state index in [-0.39, 0.29) is 12.4 Å². The number of hydrogen-bond acceptors (Lipinski definition) is 5. The zero-order valence-electron chi connectivity index (χ0n) is 10.5. The van der Waals surface area contributed by atoms with Crippen LogP contribution >= 0.6 is 0 Å². The number of nitrogens with zero attached hydrogens (tertiary/aromatic N) is 2. The number of ether oxygens (including phenoxy) is 2. The molecule has 1 aromatic heterocycles. The minimum atomic E-state index is -0.0174. The second-order valence-electron chi connectivity index (χ2n) is 3.73. The van der Waals surface area contributed by atoms with Gasteiger partial charge in [-0.05, 0) is 24.3 Å². The number of nitrogens with one attached hydrogen (secondary N) is 1. The van der Waals surface area contributed by atoms with E-state index in [1.165, 1.54) is 7.11 Å². The average Bonchev–Trinajstić information content (AvgIpc) is 2.45. The van der Waals surface area contributed by atoms with Crippen LogP contribution in [0.25, 0.3) is 0 Å². The fraction of sp³-hybridized carbons (Fsp3) is 0.154. The molecule has 0 aliphatic heterocycles. The molecule has 0 spiro atoms. The molecule has 0 saturated heterocycles. The van der Waals surface area contributed by atoms with Crippen LogP contribution in [0, 0.1) is 5.41 Å². The van der Waals surface area contributed by atoms with Crippen molar-refractivity contribution in [2.24, 2.45) is 5.73 Å². The van der Waals surface area contributed by atoms with E-state index >= 15 is 0 Å². The maximum atomic E-state index is 7.38. The van der Waals surface area contributed by atoms with Crippen molar-refractivity contribution in [1.82, 2.24) is 9.97 Å². The number of methoxy groups -OCH3 is 1. The Morgan fingerprint density at radius 1 is 1.26 bits per heavy atom. The van der Waals surface area contributed by atoms with Crippen molar-refractivity contribution in [1.29, 1.82) is 5.41 Å². The summed E-state index contributed by atoms with van der Waals surface area (Å²) >= 11 is 0. The molecule has 0 unspecified atom stereocenters. The highest BCUT2D eigenvalue weighted by atomic mass is 16.5. The molecular weight excluding hydrogens is 244 g/mol. The van der Waals surface area contributed by atoms with Gasteiger partial charge in [0.15, 0.2) is 17.3 Å². The van der Waals surface area contributed by atoms with Crippen LogP contribution in [-0.2, 0) is 6.61 Å². The molecule has 0 bridgehead atoms. The average molecular weight is 258 g/mol. The van der Waals surface area contributed by atoms with Crippen molar-refractivity contribution in [3.63, 3.8) is 0 Å². The fourth-order valence-electron chi connectivity index (χ4n) is 1.50. The van der Waals surface area contributed by atoms with Crippen LogP contribution in [0.3, 0.4) is 0 Å². The minimum absolute atomic E-state index is 0.0174. The van der Waals surface area contributed by atoms with Gasteiger partial charge in [-0.1, -0.05) is 0 Å². The molecule has 1 heterocycles. The lowest BCUT2D eigenvalue weighted by Gasteiger charge is -2.11. The molecule has 0 radical (unpaired) electrons. The third kappa shape index (κ3) is 3.19. The molecule has 98 valence electrons. The van der Waals surface area contributed by atoms with Crippen LogP contribution < -0.4 is 15.2 Å². The zero-order valence-corrected chi connectivity index (χ0v) is 10.5. The van der Waals surface area contributed by atoms with E-state index in [1.54, 1.807) is 36.7 Å².